The molecule has 0 aliphatic carbocycles. The second-order valence-corrected chi connectivity index (χ2v) is 11.7. The lowest BCUT2D eigenvalue weighted by atomic mass is 10.1. The highest BCUT2D eigenvalue weighted by molar-refractivity contribution is 7.45. The number of hydrogen-bond donors (Lipinski definition) is 3. The van der Waals surface area contributed by atoms with Gasteiger partial charge in [-0.15, -0.1) is 0 Å². The Labute approximate surface area is 249 Å². The van der Waals surface area contributed by atoms with Crippen molar-refractivity contribution in [3.63, 3.8) is 0 Å². The highest BCUT2D eigenvalue weighted by atomic mass is 31.2. The van der Waals surface area contributed by atoms with Crippen LogP contribution in [0, 0.1) is 5.92 Å². The Morgan fingerprint density at radius 3 is 2.56 bits per heavy atom. The van der Waals surface area contributed by atoms with Gasteiger partial charge in [-0.25, -0.2) is 9.88 Å². The van der Waals surface area contributed by atoms with Crippen LogP contribution in [0.25, 0.3) is 11.1 Å². The molecule has 0 bridgehead atoms. The number of nitrogens with zero attached hydrogens (tertiary/aromatic N) is 3. The normalized spacial score (nSPS) is 19.7. The minimum absolute atomic E-state index is 0.0306. The number of aryl methyl sites for hydroxylation is 1. The van der Waals surface area contributed by atoms with Crippen LogP contribution in [0.4, 0.5) is 0 Å². The van der Waals surface area contributed by atoms with Gasteiger partial charge in [-0.1, -0.05) is 19.1 Å². The van der Waals surface area contributed by atoms with Crippen molar-refractivity contribution in [2.24, 2.45) is 13.0 Å². The molecule has 14 nitrogen and oxygen atoms in total. The first kappa shape index (κ1) is 32.1. The monoisotopic (exact) mass is 616 g/mol. The van der Waals surface area contributed by atoms with E-state index in [4.69, 9.17) is 18.5 Å². The summed E-state index contributed by atoms with van der Waals surface area (Å²) >= 11 is 0. The van der Waals surface area contributed by atoms with E-state index in [0.717, 1.165) is 5.56 Å². The predicted molar refractivity (Wildman–Crippen MR) is 158 cm³/mol. The third-order valence-corrected chi connectivity index (χ3v) is 7.94. The quantitative estimate of drug-likeness (QED) is 0.203. The number of amides is 1. The maximum Gasteiger partial charge on any atom is 0.330 e. The van der Waals surface area contributed by atoms with Crippen LogP contribution in [0.5, 0.6) is 5.75 Å². The lowest BCUT2D eigenvalue weighted by molar-refractivity contribution is -0.149. The number of benzene rings is 1. The molecule has 232 valence electrons. The average Bonchev–Trinajstić information content (AvgIpc) is 3.53. The van der Waals surface area contributed by atoms with E-state index < -0.39 is 38.0 Å². The number of carbonyl (C=O) groups is 2. The number of carbonyl (C=O) groups excluding carboxylic acids is 2. The molecule has 5 atom stereocenters. The summed E-state index contributed by atoms with van der Waals surface area (Å²) < 4.78 is 26.6. The maximum atomic E-state index is 12.5. The molecular formula is C28H37N6O8P. The van der Waals surface area contributed by atoms with Crippen molar-refractivity contribution < 1.29 is 28.1 Å². The molecule has 0 radical (unpaired) electrons. The van der Waals surface area contributed by atoms with Crippen molar-refractivity contribution in [3.05, 3.63) is 69.3 Å². The van der Waals surface area contributed by atoms with Crippen LogP contribution in [-0.4, -0.2) is 63.1 Å². The smallest absolute Gasteiger partial charge is 0.330 e. The van der Waals surface area contributed by atoms with Gasteiger partial charge in [0.25, 0.3) is 11.5 Å². The highest BCUT2D eigenvalue weighted by Gasteiger charge is 2.35. The Morgan fingerprint density at radius 1 is 1.19 bits per heavy atom. The number of H-pyrrole nitrogens is 1. The molecule has 1 aliphatic rings. The van der Waals surface area contributed by atoms with Gasteiger partial charge in [0, 0.05) is 44.0 Å². The molecule has 1 saturated heterocycles. The number of rotatable bonds is 12. The van der Waals surface area contributed by atoms with E-state index in [0.29, 0.717) is 23.4 Å². The van der Waals surface area contributed by atoms with Crippen molar-refractivity contribution in [1.82, 2.24) is 29.7 Å². The highest BCUT2D eigenvalue weighted by Crippen LogP contribution is 2.40. The third kappa shape index (κ3) is 8.17. The Morgan fingerprint density at radius 2 is 1.91 bits per heavy atom. The molecule has 15 heteroatoms. The summed E-state index contributed by atoms with van der Waals surface area (Å²) in [5, 5.41) is 9.93. The predicted octanol–water partition coefficient (Wildman–Crippen LogP) is 2.47. The minimum Gasteiger partial charge on any atom is -0.462 e. The van der Waals surface area contributed by atoms with Gasteiger partial charge >= 0.3 is 20.2 Å². The van der Waals surface area contributed by atoms with Gasteiger partial charge in [0.1, 0.15) is 18.0 Å². The zero-order valence-electron chi connectivity index (χ0n) is 24.9. The number of esters is 1. The molecule has 3 N–H and O–H groups in total. The van der Waals surface area contributed by atoms with Crippen LogP contribution in [-0.2, 0) is 25.8 Å². The summed E-state index contributed by atoms with van der Waals surface area (Å²) in [7, 11) is 1.44. The van der Waals surface area contributed by atoms with Gasteiger partial charge in [0.2, 0.25) is 0 Å². The molecule has 0 saturated carbocycles. The van der Waals surface area contributed by atoms with E-state index >= 15 is 0 Å². The van der Waals surface area contributed by atoms with Crippen molar-refractivity contribution in [2.75, 3.05) is 13.7 Å². The Hall–Kier alpha value is -3.84. The van der Waals surface area contributed by atoms with Crippen LogP contribution < -0.4 is 26.2 Å². The van der Waals surface area contributed by atoms with Crippen LogP contribution in [0.2, 0.25) is 0 Å². The maximum absolute atomic E-state index is 12.5. The fourth-order valence-corrected chi connectivity index (χ4v) is 5.77. The van der Waals surface area contributed by atoms with Crippen molar-refractivity contribution >= 4 is 20.4 Å². The second kappa shape index (κ2) is 14.1. The van der Waals surface area contributed by atoms with E-state index in [9.17, 15) is 19.2 Å². The molecule has 4 rings (SSSR count). The van der Waals surface area contributed by atoms with E-state index in [1.165, 1.54) is 16.8 Å². The zero-order valence-corrected chi connectivity index (χ0v) is 25.8. The summed E-state index contributed by atoms with van der Waals surface area (Å²) in [6.07, 6.45) is 2.54. The molecule has 0 spiro atoms. The number of nitrogens with one attached hydrogen (secondary N) is 3. The number of aromatic amines is 1. The fourth-order valence-electron chi connectivity index (χ4n) is 4.56. The molecule has 4 unspecified atom stereocenters. The first-order chi connectivity index (χ1) is 20.4. The molecule has 2 aromatic heterocycles. The SMILES string of the molecule is CNC(=O)c1nn(C)cc1-c1ccc(OP(N[C@@H](C)C(=O)OC(C)C)OCC2CC(C)C(n3ccc(=O)[nH]c3=O)O2)cc1. The molecular weight excluding hydrogens is 579 g/mol. The molecule has 3 aromatic rings. The topological polar surface area (TPSA) is 168 Å². The number of aromatic nitrogens is 4. The van der Waals surface area contributed by atoms with Crippen molar-refractivity contribution in [3.8, 4) is 16.9 Å². The molecule has 3 heterocycles. The first-order valence-electron chi connectivity index (χ1n) is 13.9. The number of hydrogen-bond acceptors (Lipinski definition) is 10. The van der Waals surface area contributed by atoms with Gasteiger partial charge in [-0.3, -0.25) is 28.6 Å². The van der Waals surface area contributed by atoms with Crippen LogP contribution in [0.1, 0.15) is 50.8 Å². The first-order valence-corrected chi connectivity index (χ1v) is 15.0. The second-order valence-electron chi connectivity index (χ2n) is 10.5. The molecule has 1 aliphatic heterocycles. The van der Waals surface area contributed by atoms with Crippen molar-refractivity contribution in [1.29, 1.82) is 0 Å². The van der Waals surface area contributed by atoms with Gasteiger partial charge < -0.3 is 23.8 Å². The van der Waals surface area contributed by atoms with E-state index in [-0.39, 0.29) is 30.6 Å². The Kier molecular flexibility index (Phi) is 10.5. The van der Waals surface area contributed by atoms with Crippen LogP contribution in [0.15, 0.2) is 52.3 Å². The molecule has 1 amide bonds. The van der Waals surface area contributed by atoms with Gasteiger partial charge in [0.05, 0.1) is 18.8 Å². The average molecular weight is 617 g/mol. The molecule has 1 aromatic carbocycles. The third-order valence-electron chi connectivity index (χ3n) is 6.59. The summed E-state index contributed by atoms with van der Waals surface area (Å²) in [5.74, 6) is -0.311. The molecule has 43 heavy (non-hydrogen) atoms. The largest absolute Gasteiger partial charge is 0.462 e. The van der Waals surface area contributed by atoms with Gasteiger partial charge in [-0.05, 0) is 44.9 Å². The van der Waals surface area contributed by atoms with Gasteiger partial charge in [-0.2, -0.15) is 5.10 Å². The van der Waals surface area contributed by atoms with Gasteiger partial charge in [0.15, 0.2) is 5.69 Å². The lowest BCUT2D eigenvalue weighted by Crippen LogP contribution is -2.35. The summed E-state index contributed by atoms with van der Waals surface area (Å²) in [6, 6.07) is 7.62. The van der Waals surface area contributed by atoms with E-state index in [1.54, 1.807) is 70.0 Å². The summed E-state index contributed by atoms with van der Waals surface area (Å²) in [5.41, 5.74) is 0.706. The zero-order chi connectivity index (χ0) is 31.3. The minimum atomic E-state index is -1.85. The van der Waals surface area contributed by atoms with Crippen LogP contribution in [0.3, 0.4) is 0 Å². The fraction of sp³-hybridized carbons (Fsp3) is 0.464. The van der Waals surface area contributed by atoms with E-state index in [1.807, 2.05) is 6.92 Å². The standard InChI is InChI=1S/C28H37N6O8P/c1-16(2)40-27(37)18(4)32-43(39-15-21-13-17(3)26(41-21)34-12-11-23(35)30-28(34)38)42-20-9-7-19(8-10-20)22-14-33(6)31-24(22)25(36)29-5/h7-12,14,16-18,21,26,32H,13,15H2,1-6H3,(H,29,36)(H,30,35,38)/t17?,18-,21?,26?,43?/m0/s1. The number of ether oxygens (including phenoxy) is 2. The Balaban J connectivity index is 1.47. The van der Waals surface area contributed by atoms with Crippen molar-refractivity contribution in [2.45, 2.75) is 58.6 Å². The summed E-state index contributed by atoms with van der Waals surface area (Å²) in [6.45, 7) is 7.26. The van der Waals surface area contributed by atoms with Crippen LogP contribution >= 0.6 is 8.53 Å². The Bertz CT molecular complexity index is 1530. The van der Waals surface area contributed by atoms with E-state index in [2.05, 4.69) is 20.5 Å². The molecule has 1 fully saturated rings. The summed E-state index contributed by atoms with van der Waals surface area (Å²) in [4.78, 5) is 50.8. The lowest BCUT2D eigenvalue weighted by Gasteiger charge is -2.24.